The van der Waals surface area contributed by atoms with Crippen LogP contribution in [0.4, 0.5) is 4.79 Å². The first-order valence-corrected chi connectivity index (χ1v) is 6.72. The molecule has 20 heavy (non-hydrogen) atoms. The van der Waals surface area contributed by atoms with E-state index in [-0.39, 0.29) is 24.5 Å². The number of aliphatic carboxylic acids is 1. The molecule has 110 valence electrons. The summed E-state index contributed by atoms with van der Waals surface area (Å²) in [4.78, 5) is 24.4. The number of carboxylic acid groups (broad SMARTS) is 1. The summed E-state index contributed by atoms with van der Waals surface area (Å²) in [5, 5.41) is 11.7. The number of carboxylic acids is 1. The van der Waals surface area contributed by atoms with Gasteiger partial charge in [0.25, 0.3) is 0 Å². The fourth-order valence-electron chi connectivity index (χ4n) is 1.76. The molecule has 0 spiro atoms. The predicted molar refractivity (Wildman–Crippen MR) is 77.5 cm³/mol. The highest BCUT2D eigenvalue weighted by Gasteiger charge is 2.19. The Hall–Kier alpha value is -2.04. The number of carbonyl (C=O) groups excluding carboxylic acids is 1. The normalized spacial score (nSPS) is 12.0. The number of benzene rings is 1. The zero-order valence-corrected chi connectivity index (χ0v) is 12.2. The van der Waals surface area contributed by atoms with E-state index in [1.54, 1.807) is 11.9 Å². The minimum Gasteiger partial charge on any atom is -0.481 e. The topological polar surface area (TPSA) is 69.6 Å². The van der Waals surface area contributed by atoms with Crippen LogP contribution in [0.3, 0.4) is 0 Å². The zero-order valence-electron chi connectivity index (χ0n) is 12.2. The number of nitrogens with one attached hydrogen (secondary N) is 1. The van der Waals surface area contributed by atoms with Gasteiger partial charge in [-0.2, -0.15) is 0 Å². The molecule has 0 aromatic heterocycles. The molecule has 1 aromatic carbocycles. The molecule has 0 radical (unpaired) electrons. The predicted octanol–water partition coefficient (Wildman–Crippen LogP) is 2.64. The quantitative estimate of drug-likeness (QED) is 0.840. The first kappa shape index (κ1) is 16.0. The summed E-state index contributed by atoms with van der Waals surface area (Å²) >= 11 is 0. The summed E-state index contributed by atoms with van der Waals surface area (Å²) < 4.78 is 0. The maximum Gasteiger partial charge on any atom is 0.317 e. The van der Waals surface area contributed by atoms with Crippen molar-refractivity contribution < 1.29 is 14.7 Å². The van der Waals surface area contributed by atoms with Crippen molar-refractivity contribution in [3.8, 4) is 0 Å². The Kier molecular flexibility index (Phi) is 6.03. The van der Waals surface area contributed by atoms with Gasteiger partial charge in [0.05, 0.1) is 6.04 Å². The van der Waals surface area contributed by atoms with Gasteiger partial charge in [-0.3, -0.25) is 4.79 Å². The maximum absolute atomic E-state index is 12.1. The average Bonchev–Trinajstić information content (AvgIpc) is 2.42. The summed E-state index contributed by atoms with van der Waals surface area (Å²) in [5.74, 6) is -0.864. The minimum absolute atomic E-state index is 0.0191. The molecule has 0 aliphatic heterocycles. The summed E-state index contributed by atoms with van der Waals surface area (Å²) in [6.45, 7) is 3.85. The fourth-order valence-corrected chi connectivity index (χ4v) is 1.76. The number of amides is 2. The van der Waals surface area contributed by atoms with E-state index in [9.17, 15) is 9.59 Å². The Morgan fingerprint density at radius 2 is 1.85 bits per heavy atom. The largest absolute Gasteiger partial charge is 0.481 e. The number of urea groups is 1. The van der Waals surface area contributed by atoms with Gasteiger partial charge in [-0.1, -0.05) is 30.3 Å². The van der Waals surface area contributed by atoms with Crippen LogP contribution in [0.5, 0.6) is 0 Å². The van der Waals surface area contributed by atoms with Crippen molar-refractivity contribution >= 4 is 12.0 Å². The highest BCUT2D eigenvalue weighted by molar-refractivity contribution is 5.75. The molecule has 0 aliphatic carbocycles. The van der Waals surface area contributed by atoms with E-state index in [4.69, 9.17) is 5.11 Å². The third kappa shape index (κ3) is 4.91. The Morgan fingerprint density at radius 1 is 1.25 bits per heavy atom. The molecule has 0 saturated heterocycles. The lowest BCUT2D eigenvalue weighted by molar-refractivity contribution is -0.137. The third-order valence-electron chi connectivity index (χ3n) is 3.24. The standard InChI is InChI=1S/C15H22N2O3/c1-11(2)17(3)15(20)16-13(9-10-14(18)19)12-7-5-4-6-8-12/h4-8,11,13H,9-10H2,1-3H3,(H,16,20)(H,18,19). The first-order chi connectivity index (χ1) is 9.41. The minimum atomic E-state index is -0.864. The number of hydrogen-bond acceptors (Lipinski definition) is 2. The third-order valence-corrected chi connectivity index (χ3v) is 3.24. The van der Waals surface area contributed by atoms with Crippen molar-refractivity contribution in [2.24, 2.45) is 0 Å². The molecule has 1 rings (SSSR count). The molecule has 1 unspecified atom stereocenters. The Labute approximate surface area is 119 Å². The smallest absolute Gasteiger partial charge is 0.317 e. The summed E-state index contributed by atoms with van der Waals surface area (Å²) in [6.07, 6.45) is 0.391. The van der Waals surface area contributed by atoms with Gasteiger partial charge in [0.1, 0.15) is 0 Å². The second kappa shape index (κ2) is 7.53. The molecular weight excluding hydrogens is 256 g/mol. The fraction of sp³-hybridized carbons (Fsp3) is 0.467. The molecule has 0 fully saturated rings. The van der Waals surface area contributed by atoms with Crippen molar-refractivity contribution in [2.45, 2.75) is 38.8 Å². The summed E-state index contributed by atoms with van der Waals surface area (Å²) in [5.41, 5.74) is 0.916. The highest BCUT2D eigenvalue weighted by Crippen LogP contribution is 2.18. The van der Waals surface area contributed by atoms with Crippen LogP contribution in [-0.4, -0.2) is 35.1 Å². The number of rotatable bonds is 6. The van der Waals surface area contributed by atoms with Crippen LogP contribution in [0.15, 0.2) is 30.3 Å². The van der Waals surface area contributed by atoms with E-state index in [2.05, 4.69) is 5.32 Å². The Balaban J connectivity index is 2.78. The van der Waals surface area contributed by atoms with Crippen LogP contribution < -0.4 is 5.32 Å². The molecule has 1 aromatic rings. The van der Waals surface area contributed by atoms with Crippen molar-refractivity contribution in [3.05, 3.63) is 35.9 Å². The molecule has 0 heterocycles. The first-order valence-electron chi connectivity index (χ1n) is 6.72. The van der Waals surface area contributed by atoms with Crippen molar-refractivity contribution in [3.63, 3.8) is 0 Å². The lowest BCUT2D eigenvalue weighted by Crippen LogP contribution is -2.42. The molecule has 0 aliphatic rings. The van der Waals surface area contributed by atoms with Crippen LogP contribution in [-0.2, 0) is 4.79 Å². The van der Waals surface area contributed by atoms with Gasteiger partial charge in [-0.05, 0) is 25.8 Å². The second-order valence-corrected chi connectivity index (χ2v) is 5.05. The number of hydrogen-bond donors (Lipinski definition) is 2. The summed E-state index contributed by atoms with van der Waals surface area (Å²) in [7, 11) is 1.72. The number of nitrogens with zero attached hydrogens (tertiary/aromatic N) is 1. The lowest BCUT2D eigenvalue weighted by atomic mass is 10.0. The van der Waals surface area contributed by atoms with Crippen LogP contribution in [0.1, 0.15) is 38.3 Å². The van der Waals surface area contributed by atoms with Gasteiger partial charge in [0.2, 0.25) is 0 Å². The molecule has 5 nitrogen and oxygen atoms in total. The van der Waals surface area contributed by atoms with Crippen molar-refractivity contribution in [2.75, 3.05) is 7.05 Å². The van der Waals surface area contributed by atoms with E-state index >= 15 is 0 Å². The van der Waals surface area contributed by atoms with Crippen molar-refractivity contribution in [1.82, 2.24) is 10.2 Å². The monoisotopic (exact) mass is 278 g/mol. The molecular formula is C15H22N2O3. The molecule has 0 saturated carbocycles. The van der Waals surface area contributed by atoms with Crippen LogP contribution >= 0.6 is 0 Å². The highest BCUT2D eigenvalue weighted by atomic mass is 16.4. The Bertz CT molecular complexity index is 446. The molecule has 2 amide bonds. The van der Waals surface area contributed by atoms with Crippen LogP contribution in [0, 0.1) is 0 Å². The van der Waals surface area contributed by atoms with E-state index in [0.29, 0.717) is 6.42 Å². The van der Waals surface area contributed by atoms with E-state index in [1.807, 2.05) is 44.2 Å². The Morgan fingerprint density at radius 3 is 2.35 bits per heavy atom. The average molecular weight is 278 g/mol. The van der Waals surface area contributed by atoms with E-state index in [1.165, 1.54) is 0 Å². The van der Waals surface area contributed by atoms with Crippen LogP contribution in [0.25, 0.3) is 0 Å². The van der Waals surface area contributed by atoms with E-state index in [0.717, 1.165) is 5.56 Å². The molecule has 0 bridgehead atoms. The number of carbonyl (C=O) groups is 2. The van der Waals surface area contributed by atoms with Gasteiger partial charge in [-0.25, -0.2) is 4.79 Å². The SMILES string of the molecule is CC(C)N(C)C(=O)NC(CCC(=O)O)c1ccccc1. The molecule has 5 heteroatoms. The lowest BCUT2D eigenvalue weighted by Gasteiger charge is -2.26. The van der Waals surface area contributed by atoms with Crippen molar-refractivity contribution in [1.29, 1.82) is 0 Å². The van der Waals surface area contributed by atoms with Gasteiger partial charge in [-0.15, -0.1) is 0 Å². The van der Waals surface area contributed by atoms with Gasteiger partial charge >= 0.3 is 12.0 Å². The van der Waals surface area contributed by atoms with Gasteiger partial charge in [0.15, 0.2) is 0 Å². The van der Waals surface area contributed by atoms with Gasteiger partial charge in [0, 0.05) is 19.5 Å². The van der Waals surface area contributed by atoms with Gasteiger partial charge < -0.3 is 15.3 Å². The summed E-state index contributed by atoms with van der Waals surface area (Å²) in [6, 6.07) is 9.03. The van der Waals surface area contributed by atoms with Crippen LogP contribution in [0.2, 0.25) is 0 Å². The maximum atomic E-state index is 12.1. The molecule has 1 atom stereocenters. The van der Waals surface area contributed by atoms with E-state index < -0.39 is 5.97 Å². The second-order valence-electron chi connectivity index (χ2n) is 5.05. The zero-order chi connectivity index (χ0) is 15.1. The molecule has 2 N–H and O–H groups in total.